The Kier molecular flexibility index (Phi) is 4.09. The number of hydrogen-bond donors (Lipinski definition) is 2. The van der Waals surface area contributed by atoms with Crippen molar-refractivity contribution in [3.63, 3.8) is 0 Å². The number of hydrogen-bond acceptors (Lipinski definition) is 7. The Bertz CT molecular complexity index is 1120. The molecule has 2 aromatic heterocycles. The smallest absolute Gasteiger partial charge is 0.302 e. The number of guanidine groups is 1. The maximum absolute atomic E-state index is 12.6. The Hall–Kier alpha value is -3.19. The van der Waals surface area contributed by atoms with Gasteiger partial charge in [0, 0.05) is 35.6 Å². The zero-order valence-electron chi connectivity index (χ0n) is 14.8. The van der Waals surface area contributed by atoms with E-state index in [0.29, 0.717) is 34.6 Å². The van der Waals surface area contributed by atoms with Gasteiger partial charge in [0.15, 0.2) is 11.4 Å². The van der Waals surface area contributed by atoms with Gasteiger partial charge in [-0.2, -0.15) is 4.98 Å². The number of oxazole rings is 1. The number of carbonyl (C=O) groups excluding carboxylic acids is 1. The average molecular weight is 394 g/mol. The summed E-state index contributed by atoms with van der Waals surface area (Å²) < 4.78 is 5.73. The number of nitrogens with one attached hydrogen (secondary N) is 2. The van der Waals surface area contributed by atoms with Gasteiger partial charge in [-0.3, -0.25) is 15.1 Å². The van der Waals surface area contributed by atoms with Crippen molar-refractivity contribution in [2.45, 2.75) is 25.3 Å². The van der Waals surface area contributed by atoms with Crippen molar-refractivity contribution in [2.24, 2.45) is 4.99 Å². The van der Waals surface area contributed by atoms with E-state index in [1.54, 1.807) is 18.5 Å². The maximum atomic E-state index is 12.6. The van der Waals surface area contributed by atoms with Gasteiger partial charge in [-0.05, 0) is 31.0 Å². The molecule has 2 N–H and O–H groups in total. The molecule has 7 nitrogen and oxygen atoms in total. The molecule has 3 aromatic rings. The first-order valence-corrected chi connectivity index (χ1v) is 9.40. The van der Waals surface area contributed by atoms with E-state index in [9.17, 15) is 4.79 Å². The van der Waals surface area contributed by atoms with Crippen molar-refractivity contribution in [3.05, 3.63) is 64.6 Å². The number of nitrogens with zero attached hydrogens (tertiary/aromatic N) is 3. The molecule has 8 heteroatoms. The second-order valence-corrected chi connectivity index (χ2v) is 7.09. The molecule has 0 spiro atoms. The van der Waals surface area contributed by atoms with Gasteiger partial charge in [0.05, 0.1) is 5.02 Å². The maximum Gasteiger partial charge on any atom is 0.302 e. The first-order chi connectivity index (χ1) is 13.7. The normalized spacial score (nSPS) is 19.2. The molecule has 0 saturated heterocycles. The molecule has 5 rings (SSSR count). The minimum atomic E-state index is -0.494. The molecule has 1 unspecified atom stereocenters. The fraction of sp³-hybridized carbons (Fsp3) is 0.200. The summed E-state index contributed by atoms with van der Waals surface area (Å²) in [4.78, 5) is 25.8. The average Bonchev–Trinajstić information content (AvgIpc) is 3.10. The van der Waals surface area contributed by atoms with Gasteiger partial charge in [-0.25, -0.2) is 4.99 Å². The topological polar surface area (TPSA) is 92.4 Å². The molecule has 2 aliphatic rings. The van der Waals surface area contributed by atoms with Crippen LogP contribution < -0.4 is 10.6 Å². The highest BCUT2D eigenvalue weighted by molar-refractivity contribution is 6.31. The van der Waals surface area contributed by atoms with Gasteiger partial charge in [-0.15, -0.1) is 0 Å². The number of fused-ring (bicyclic) bond motifs is 1. The van der Waals surface area contributed by atoms with E-state index >= 15 is 0 Å². The lowest BCUT2D eigenvalue weighted by Crippen LogP contribution is -2.38. The first kappa shape index (κ1) is 16.9. The van der Waals surface area contributed by atoms with Crippen LogP contribution in [0.25, 0.3) is 11.1 Å². The highest BCUT2D eigenvalue weighted by Gasteiger charge is 2.34. The monoisotopic (exact) mass is 393 g/mol. The summed E-state index contributed by atoms with van der Waals surface area (Å²) in [7, 11) is 0. The predicted octanol–water partition coefficient (Wildman–Crippen LogP) is 4.00. The van der Waals surface area contributed by atoms with E-state index in [1.807, 2.05) is 24.3 Å². The molecule has 1 aliphatic carbocycles. The number of aliphatic imine (C=N–C) groups is 1. The van der Waals surface area contributed by atoms with E-state index in [0.717, 1.165) is 29.6 Å². The van der Waals surface area contributed by atoms with Crippen molar-refractivity contribution in [1.82, 2.24) is 15.3 Å². The van der Waals surface area contributed by atoms with Crippen molar-refractivity contribution in [1.29, 1.82) is 0 Å². The fourth-order valence-electron chi connectivity index (χ4n) is 3.60. The van der Waals surface area contributed by atoms with Crippen LogP contribution in [0.2, 0.25) is 5.02 Å². The second-order valence-electron chi connectivity index (χ2n) is 6.68. The number of ketones is 1. The van der Waals surface area contributed by atoms with Crippen LogP contribution in [-0.4, -0.2) is 21.7 Å². The lowest BCUT2D eigenvalue weighted by molar-refractivity contribution is -0.116. The van der Waals surface area contributed by atoms with Crippen LogP contribution in [0.4, 0.5) is 6.01 Å². The molecule has 1 aliphatic heterocycles. The molecule has 28 heavy (non-hydrogen) atoms. The Balaban J connectivity index is 1.54. The Morgan fingerprint density at radius 1 is 1.21 bits per heavy atom. The summed E-state index contributed by atoms with van der Waals surface area (Å²) in [5.74, 6) is 0.564. The third kappa shape index (κ3) is 2.93. The van der Waals surface area contributed by atoms with E-state index in [4.69, 9.17) is 21.0 Å². The number of pyridine rings is 1. The van der Waals surface area contributed by atoms with Crippen molar-refractivity contribution >= 4 is 40.5 Å². The van der Waals surface area contributed by atoms with Crippen molar-refractivity contribution < 1.29 is 9.21 Å². The van der Waals surface area contributed by atoms with Gasteiger partial charge in [0.25, 0.3) is 0 Å². The van der Waals surface area contributed by atoms with Crippen LogP contribution >= 0.6 is 11.6 Å². The molecule has 0 saturated carbocycles. The van der Waals surface area contributed by atoms with Gasteiger partial charge in [0.1, 0.15) is 11.6 Å². The number of allylic oxidation sites excluding steroid dienone is 1. The van der Waals surface area contributed by atoms with Crippen LogP contribution in [0.5, 0.6) is 0 Å². The molecule has 3 heterocycles. The number of anilines is 1. The predicted molar refractivity (Wildman–Crippen MR) is 106 cm³/mol. The molecule has 0 fully saturated rings. The molecule has 140 valence electrons. The van der Waals surface area contributed by atoms with Crippen LogP contribution in [0, 0.1) is 0 Å². The second kappa shape index (κ2) is 6.76. The Morgan fingerprint density at radius 2 is 2.11 bits per heavy atom. The summed E-state index contributed by atoms with van der Waals surface area (Å²) in [6.07, 6.45) is 5.31. The third-order valence-electron chi connectivity index (χ3n) is 4.87. The summed E-state index contributed by atoms with van der Waals surface area (Å²) in [5.41, 5.74) is 3.72. The molecule has 0 radical (unpaired) electrons. The lowest BCUT2D eigenvalue weighted by atomic mass is 9.86. The highest BCUT2D eigenvalue weighted by atomic mass is 35.5. The van der Waals surface area contributed by atoms with Crippen LogP contribution in [0.1, 0.15) is 30.9 Å². The largest absolute Gasteiger partial charge is 0.423 e. The van der Waals surface area contributed by atoms with Crippen molar-refractivity contribution in [2.75, 3.05) is 5.32 Å². The Morgan fingerprint density at radius 3 is 2.96 bits per heavy atom. The van der Waals surface area contributed by atoms with Gasteiger partial charge in [0.2, 0.25) is 5.96 Å². The minimum Gasteiger partial charge on any atom is -0.423 e. The third-order valence-corrected chi connectivity index (χ3v) is 5.19. The quantitative estimate of drug-likeness (QED) is 0.683. The summed E-state index contributed by atoms with van der Waals surface area (Å²) >= 11 is 6.36. The number of para-hydroxylation sites is 2. The zero-order chi connectivity index (χ0) is 19.1. The Labute approximate surface area is 165 Å². The van der Waals surface area contributed by atoms with Gasteiger partial charge >= 0.3 is 6.01 Å². The molecule has 0 amide bonds. The number of halogens is 1. The minimum absolute atomic E-state index is 0.0938. The lowest BCUT2D eigenvalue weighted by Gasteiger charge is -2.30. The summed E-state index contributed by atoms with van der Waals surface area (Å²) in [6, 6.07) is 9.15. The molecular weight excluding hydrogens is 378 g/mol. The van der Waals surface area contributed by atoms with Gasteiger partial charge < -0.3 is 9.73 Å². The van der Waals surface area contributed by atoms with Crippen LogP contribution in [0.15, 0.2) is 63.4 Å². The fourth-order valence-corrected chi connectivity index (χ4v) is 3.83. The van der Waals surface area contributed by atoms with E-state index in [2.05, 4.69) is 20.6 Å². The molecule has 1 aromatic carbocycles. The highest BCUT2D eigenvalue weighted by Crippen LogP contribution is 2.38. The molecule has 0 bridgehead atoms. The van der Waals surface area contributed by atoms with Crippen LogP contribution in [0.3, 0.4) is 0 Å². The SMILES string of the molecule is O=C1CCCC2=C1C(c1ccncc1Cl)N=C(Nc1nc3ccccc3o1)N2. The first-order valence-electron chi connectivity index (χ1n) is 9.02. The summed E-state index contributed by atoms with van der Waals surface area (Å²) in [5, 5.41) is 6.81. The number of benzene rings is 1. The zero-order valence-corrected chi connectivity index (χ0v) is 15.5. The van der Waals surface area contributed by atoms with E-state index in [1.165, 1.54) is 0 Å². The van der Waals surface area contributed by atoms with Gasteiger partial charge in [-0.1, -0.05) is 23.7 Å². The number of Topliss-reactive ketones (excluding diaryl/α,β-unsaturated/α-hetero) is 1. The standard InChI is InChI=1S/C20H16ClN5O2/c21-12-10-22-9-8-11(12)18-17-14(5-3-6-15(17)27)23-19(25-18)26-20-24-13-4-1-2-7-16(13)28-20/h1-2,4,7-10,18H,3,5-6H2,(H2,23,24,25,26). The molecular formula is C20H16ClN5O2. The van der Waals surface area contributed by atoms with E-state index < -0.39 is 6.04 Å². The van der Waals surface area contributed by atoms with Crippen molar-refractivity contribution in [3.8, 4) is 0 Å². The number of rotatable bonds is 2. The summed E-state index contributed by atoms with van der Waals surface area (Å²) in [6.45, 7) is 0. The number of carbonyl (C=O) groups is 1. The van der Waals surface area contributed by atoms with Crippen LogP contribution in [-0.2, 0) is 4.79 Å². The van der Waals surface area contributed by atoms with E-state index in [-0.39, 0.29) is 5.78 Å². The number of aromatic nitrogens is 2. The molecule has 1 atom stereocenters.